The number of carbonyl (C=O) groups excluding carboxylic acids is 1. The molecule has 0 atom stereocenters. The van der Waals surface area contributed by atoms with Crippen molar-refractivity contribution in [3.63, 3.8) is 0 Å². The minimum absolute atomic E-state index is 0.00802. The minimum atomic E-state index is -0.00802. The third-order valence-corrected chi connectivity index (χ3v) is 2.91. The highest BCUT2D eigenvalue weighted by Crippen LogP contribution is 2.31. The Morgan fingerprint density at radius 1 is 1.26 bits per heavy atom. The number of benzene rings is 2. The van der Waals surface area contributed by atoms with E-state index in [2.05, 4.69) is 5.32 Å². The minimum Gasteiger partial charge on any atom is -0.504 e. The van der Waals surface area contributed by atoms with Crippen molar-refractivity contribution >= 4 is 16.7 Å². The van der Waals surface area contributed by atoms with Crippen LogP contribution in [0, 0.1) is 0 Å². The number of nitrogens with one attached hydrogen (secondary N) is 1. The molecule has 0 saturated heterocycles. The van der Waals surface area contributed by atoms with Crippen LogP contribution < -0.4 is 10.1 Å². The molecular weight excluding hydrogens is 242 g/mol. The Balaban J connectivity index is 2.00. The summed E-state index contributed by atoms with van der Waals surface area (Å²) >= 11 is 0. The first-order valence-electron chi connectivity index (χ1n) is 6.26. The molecule has 4 nitrogen and oxygen atoms in total. The monoisotopic (exact) mass is 259 g/mol. The molecule has 0 spiro atoms. The molecule has 0 saturated carbocycles. The van der Waals surface area contributed by atoms with Gasteiger partial charge in [-0.25, -0.2) is 0 Å². The maximum absolute atomic E-state index is 11.0. The van der Waals surface area contributed by atoms with Gasteiger partial charge >= 0.3 is 0 Å². The molecule has 2 rings (SSSR count). The van der Waals surface area contributed by atoms with Crippen molar-refractivity contribution in [3.05, 3.63) is 36.4 Å². The number of hydrogen-bond acceptors (Lipinski definition) is 3. The first-order chi connectivity index (χ1) is 9.20. The van der Waals surface area contributed by atoms with Gasteiger partial charge in [-0.1, -0.05) is 24.3 Å². The van der Waals surface area contributed by atoms with E-state index in [9.17, 15) is 9.90 Å². The Morgan fingerprint density at radius 3 is 2.63 bits per heavy atom. The van der Waals surface area contributed by atoms with Gasteiger partial charge in [0, 0.05) is 13.5 Å². The summed E-state index contributed by atoms with van der Waals surface area (Å²) in [6.07, 6.45) is 1.04. The zero-order valence-electron chi connectivity index (χ0n) is 10.8. The van der Waals surface area contributed by atoms with Crippen LogP contribution in [0.25, 0.3) is 10.8 Å². The summed E-state index contributed by atoms with van der Waals surface area (Å²) in [5.74, 6) is 0.570. The van der Waals surface area contributed by atoms with Crippen molar-refractivity contribution in [2.75, 3.05) is 13.7 Å². The van der Waals surface area contributed by atoms with Crippen LogP contribution in [0.2, 0.25) is 0 Å². The molecule has 0 radical (unpaired) electrons. The molecule has 0 bridgehead atoms. The van der Waals surface area contributed by atoms with Crippen molar-refractivity contribution in [1.82, 2.24) is 5.32 Å². The highest BCUT2D eigenvalue weighted by molar-refractivity contribution is 5.85. The molecule has 2 aromatic rings. The summed E-state index contributed by atoms with van der Waals surface area (Å²) in [5.41, 5.74) is 0. The van der Waals surface area contributed by atoms with Gasteiger partial charge in [-0.05, 0) is 29.3 Å². The molecule has 0 fully saturated rings. The number of rotatable bonds is 5. The molecule has 0 aromatic heterocycles. The second-order valence-corrected chi connectivity index (χ2v) is 4.29. The summed E-state index contributed by atoms with van der Waals surface area (Å²) in [4.78, 5) is 11.0. The molecule has 0 unspecified atom stereocenters. The van der Waals surface area contributed by atoms with Crippen LogP contribution in [0.1, 0.15) is 12.8 Å². The second kappa shape index (κ2) is 6.09. The van der Waals surface area contributed by atoms with Gasteiger partial charge in [-0.3, -0.25) is 4.79 Å². The average molecular weight is 259 g/mol. The van der Waals surface area contributed by atoms with E-state index in [0.29, 0.717) is 25.2 Å². The fourth-order valence-electron chi connectivity index (χ4n) is 1.86. The number of carbonyl (C=O) groups is 1. The Hall–Kier alpha value is -2.23. The first kappa shape index (κ1) is 13.2. The van der Waals surface area contributed by atoms with Gasteiger partial charge in [0.05, 0.1) is 6.61 Å². The number of phenolic OH excluding ortho intramolecular Hbond substituents is 1. The number of aromatic hydroxyl groups is 1. The van der Waals surface area contributed by atoms with Gasteiger partial charge in [0.1, 0.15) is 0 Å². The van der Waals surface area contributed by atoms with Gasteiger partial charge in [0.25, 0.3) is 0 Å². The van der Waals surface area contributed by atoms with Gasteiger partial charge in [0.2, 0.25) is 5.91 Å². The number of ether oxygens (including phenoxy) is 1. The third-order valence-electron chi connectivity index (χ3n) is 2.91. The zero-order chi connectivity index (χ0) is 13.7. The topological polar surface area (TPSA) is 58.6 Å². The molecular formula is C15H17NO3. The van der Waals surface area contributed by atoms with E-state index in [4.69, 9.17) is 4.74 Å². The average Bonchev–Trinajstić information content (AvgIpc) is 2.43. The Morgan fingerprint density at radius 2 is 1.95 bits per heavy atom. The van der Waals surface area contributed by atoms with E-state index in [1.165, 1.54) is 0 Å². The van der Waals surface area contributed by atoms with Crippen LogP contribution >= 0.6 is 0 Å². The predicted molar refractivity (Wildman–Crippen MR) is 74.4 cm³/mol. The van der Waals surface area contributed by atoms with E-state index in [1.54, 1.807) is 13.1 Å². The molecule has 100 valence electrons. The third kappa shape index (κ3) is 3.37. The standard InChI is InChI=1S/C15H17NO3/c1-16-15(18)7-4-8-19-14-10-12-6-3-2-5-11(12)9-13(14)17/h2-3,5-6,9-10,17H,4,7-8H2,1H3,(H,16,18). The summed E-state index contributed by atoms with van der Waals surface area (Å²) in [7, 11) is 1.61. The second-order valence-electron chi connectivity index (χ2n) is 4.29. The Bertz CT molecular complexity index is 581. The Labute approximate surface area is 112 Å². The van der Waals surface area contributed by atoms with Crippen LogP contribution in [0.3, 0.4) is 0 Å². The van der Waals surface area contributed by atoms with E-state index in [-0.39, 0.29) is 11.7 Å². The number of amides is 1. The van der Waals surface area contributed by atoms with Crippen LogP contribution in [0.5, 0.6) is 11.5 Å². The van der Waals surface area contributed by atoms with E-state index >= 15 is 0 Å². The maximum atomic E-state index is 11.0. The lowest BCUT2D eigenvalue weighted by atomic mass is 10.1. The highest BCUT2D eigenvalue weighted by Gasteiger charge is 2.05. The summed E-state index contributed by atoms with van der Waals surface area (Å²) in [6.45, 7) is 0.402. The van der Waals surface area contributed by atoms with Crippen LogP contribution in [0.15, 0.2) is 36.4 Å². The van der Waals surface area contributed by atoms with Gasteiger partial charge in [0.15, 0.2) is 11.5 Å². The normalized spacial score (nSPS) is 10.4. The van der Waals surface area contributed by atoms with E-state index < -0.39 is 0 Å². The SMILES string of the molecule is CNC(=O)CCCOc1cc2ccccc2cc1O. The van der Waals surface area contributed by atoms with Crippen molar-refractivity contribution < 1.29 is 14.6 Å². The summed E-state index contributed by atoms with van der Waals surface area (Å²) in [6, 6.07) is 11.3. The lowest BCUT2D eigenvalue weighted by Gasteiger charge is -2.09. The van der Waals surface area contributed by atoms with Crippen molar-refractivity contribution in [2.45, 2.75) is 12.8 Å². The molecule has 2 aromatic carbocycles. The lowest BCUT2D eigenvalue weighted by molar-refractivity contribution is -0.120. The van der Waals surface area contributed by atoms with Crippen LogP contribution in [-0.4, -0.2) is 24.7 Å². The number of phenols is 1. The predicted octanol–water partition coefficient (Wildman–Crippen LogP) is 2.45. The smallest absolute Gasteiger partial charge is 0.219 e. The lowest BCUT2D eigenvalue weighted by Crippen LogP contribution is -2.18. The van der Waals surface area contributed by atoms with Crippen LogP contribution in [-0.2, 0) is 4.79 Å². The maximum Gasteiger partial charge on any atom is 0.219 e. The first-order valence-corrected chi connectivity index (χ1v) is 6.26. The van der Waals surface area contributed by atoms with Crippen molar-refractivity contribution in [2.24, 2.45) is 0 Å². The van der Waals surface area contributed by atoms with Gasteiger partial charge < -0.3 is 15.2 Å². The fourth-order valence-corrected chi connectivity index (χ4v) is 1.86. The molecule has 1 amide bonds. The number of fused-ring (bicyclic) bond motifs is 1. The largest absolute Gasteiger partial charge is 0.504 e. The van der Waals surface area contributed by atoms with E-state index in [0.717, 1.165) is 10.8 Å². The molecule has 0 aliphatic rings. The molecule has 4 heteroatoms. The molecule has 0 aliphatic heterocycles. The van der Waals surface area contributed by atoms with Crippen LogP contribution in [0.4, 0.5) is 0 Å². The summed E-state index contributed by atoms with van der Waals surface area (Å²) in [5, 5.41) is 14.4. The molecule has 19 heavy (non-hydrogen) atoms. The Kier molecular flexibility index (Phi) is 4.23. The zero-order valence-corrected chi connectivity index (χ0v) is 10.8. The number of hydrogen-bond donors (Lipinski definition) is 2. The van der Waals surface area contributed by atoms with Gasteiger partial charge in [-0.2, -0.15) is 0 Å². The highest BCUT2D eigenvalue weighted by atomic mass is 16.5. The van der Waals surface area contributed by atoms with Crippen molar-refractivity contribution in [3.8, 4) is 11.5 Å². The van der Waals surface area contributed by atoms with Crippen molar-refractivity contribution in [1.29, 1.82) is 0 Å². The van der Waals surface area contributed by atoms with E-state index in [1.807, 2.05) is 30.3 Å². The quantitative estimate of drug-likeness (QED) is 0.811. The molecule has 0 aliphatic carbocycles. The summed E-state index contributed by atoms with van der Waals surface area (Å²) < 4.78 is 5.51. The van der Waals surface area contributed by atoms with Gasteiger partial charge in [-0.15, -0.1) is 0 Å². The fraction of sp³-hybridized carbons (Fsp3) is 0.267. The molecule has 2 N–H and O–H groups in total. The molecule has 0 heterocycles.